The normalized spacial score (nSPS) is 14.0. The maximum atomic E-state index is 13.4. The molecule has 0 aliphatic carbocycles. The minimum atomic E-state index is -0.463. The molecule has 0 atom stereocenters. The van der Waals surface area contributed by atoms with Crippen molar-refractivity contribution in [1.29, 1.82) is 0 Å². The van der Waals surface area contributed by atoms with Gasteiger partial charge >= 0.3 is 0 Å². The molecule has 1 aliphatic rings. The zero-order chi connectivity index (χ0) is 20.5. The van der Waals surface area contributed by atoms with Crippen LogP contribution in [0.2, 0.25) is 5.02 Å². The number of anilines is 2. The van der Waals surface area contributed by atoms with E-state index in [2.05, 4.69) is 5.32 Å². The van der Waals surface area contributed by atoms with Crippen molar-refractivity contribution in [3.63, 3.8) is 0 Å². The fraction of sp³-hybridized carbons (Fsp3) is 0.0909. The van der Waals surface area contributed by atoms with E-state index in [-0.39, 0.29) is 5.70 Å². The fourth-order valence-corrected chi connectivity index (χ4v) is 4.19. The van der Waals surface area contributed by atoms with Crippen LogP contribution < -0.4 is 15.0 Å². The number of thiophene rings is 1. The summed E-state index contributed by atoms with van der Waals surface area (Å²) in [4.78, 5) is 28.5. The van der Waals surface area contributed by atoms with Crippen molar-refractivity contribution in [3.05, 3.63) is 81.1 Å². The lowest BCUT2D eigenvalue weighted by Gasteiger charge is -2.17. The van der Waals surface area contributed by atoms with E-state index in [1.165, 1.54) is 11.3 Å². The molecular formula is C22H17ClN2O3S. The second kappa shape index (κ2) is 7.73. The van der Waals surface area contributed by atoms with Crippen LogP contribution in [0.3, 0.4) is 0 Å². The molecule has 2 amide bonds. The average Bonchev–Trinajstić information content (AvgIpc) is 3.30. The highest BCUT2D eigenvalue weighted by atomic mass is 35.5. The average molecular weight is 425 g/mol. The van der Waals surface area contributed by atoms with Gasteiger partial charge in [0, 0.05) is 4.88 Å². The van der Waals surface area contributed by atoms with Crippen molar-refractivity contribution in [3.8, 4) is 5.75 Å². The van der Waals surface area contributed by atoms with Gasteiger partial charge in [-0.2, -0.15) is 0 Å². The van der Waals surface area contributed by atoms with Gasteiger partial charge in [-0.25, -0.2) is 4.90 Å². The smallest absolute Gasteiger partial charge is 0.282 e. The first kappa shape index (κ1) is 19.2. The second-order valence-electron chi connectivity index (χ2n) is 6.45. The second-order valence-corrected chi connectivity index (χ2v) is 7.81. The molecule has 0 bridgehead atoms. The standard InChI is InChI=1S/C22H17ClN2O3S/c1-13-9-10-17(28-2)15(12-13)24-20-19(18-8-5-11-29-18)21(26)25(22(20)27)16-7-4-3-6-14(16)23/h3-12,24H,1-2H3. The zero-order valence-electron chi connectivity index (χ0n) is 15.7. The van der Waals surface area contributed by atoms with Crippen LogP contribution in [0, 0.1) is 6.92 Å². The fourth-order valence-electron chi connectivity index (χ4n) is 3.20. The number of nitrogens with zero attached hydrogens (tertiary/aromatic N) is 1. The molecule has 2 heterocycles. The molecule has 1 N–H and O–H groups in total. The number of hydrogen-bond acceptors (Lipinski definition) is 5. The van der Waals surface area contributed by atoms with Crippen LogP contribution in [0.25, 0.3) is 5.57 Å². The maximum absolute atomic E-state index is 13.4. The van der Waals surface area contributed by atoms with E-state index in [1.807, 2.05) is 42.6 Å². The van der Waals surface area contributed by atoms with Gasteiger partial charge in [0.15, 0.2) is 0 Å². The van der Waals surface area contributed by atoms with Crippen LogP contribution in [-0.2, 0) is 9.59 Å². The molecular weight excluding hydrogens is 408 g/mol. The highest BCUT2D eigenvalue weighted by Gasteiger charge is 2.41. The van der Waals surface area contributed by atoms with Gasteiger partial charge in [0.05, 0.1) is 29.1 Å². The summed E-state index contributed by atoms with van der Waals surface area (Å²) in [5.41, 5.74) is 2.46. The molecule has 7 heteroatoms. The third kappa shape index (κ3) is 3.41. The van der Waals surface area contributed by atoms with Gasteiger partial charge in [-0.3, -0.25) is 9.59 Å². The Balaban J connectivity index is 1.85. The third-order valence-electron chi connectivity index (χ3n) is 4.56. The van der Waals surface area contributed by atoms with Gasteiger partial charge in [-0.15, -0.1) is 11.3 Å². The molecule has 0 unspecified atom stereocenters. The maximum Gasteiger partial charge on any atom is 0.282 e. The number of hydrogen-bond donors (Lipinski definition) is 1. The molecule has 3 aromatic rings. The Morgan fingerprint density at radius 1 is 1.03 bits per heavy atom. The number of benzene rings is 2. The number of nitrogens with one attached hydrogen (secondary N) is 1. The van der Waals surface area contributed by atoms with Crippen molar-refractivity contribution >= 4 is 51.7 Å². The monoisotopic (exact) mass is 424 g/mol. The molecule has 1 aromatic heterocycles. The number of aryl methyl sites for hydroxylation is 1. The first-order valence-electron chi connectivity index (χ1n) is 8.84. The predicted octanol–water partition coefficient (Wildman–Crippen LogP) is 5.12. The minimum absolute atomic E-state index is 0.196. The quantitative estimate of drug-likeness (QED) is 0.578. The summed E-state index contributed by atoms with van der Waals surface area (Å²) < 4.78 is 5.42. The number of imide groups is 1. The van der Waals surface area contributed by atoms with Crippen molar-refractivity contribution in [2.24, 2.45) is 0 Å². The summed E-state index contributed by atoms with van der Waals surface area (Å²) in [6.45, 7) is 1.94. The molecule has 4 rings (SSSR count). The van der Waals surface area contributed by atoms with Gasteiger partial charge in [0.2, 0.25) is 0 Å². The number of methoxy groups -OCH3 is 1. The van der Waals surface area contributed by atoms with Crippen molar-refractivity contribution in [2.75, 3.05) is 17.3 Å². The van der Waals surface area contributed by atoms with Crippen LogP contribution in [0.5, 0.6) is 5.75 Å². The van der Waals surface area contributed by atoms with Crippen LogP contribution >= 0.6 is 22.9 Å². The molecule has 0 radical (unpaired) electrons. The summed E-state index contributed by atoms with van der Waals surface area (Å²) in [5, 5.41) is 5.34. The van der Waals surface area contributed by atoms with Gasteiger partial charge in [-0.05, 0) is 48.2 Å². The highest BCUT2D eigenvalue weighted by molar-refractivity contribution is 7.11. The molecule has 146 valence electrons. The first-order chi connectivity index (χ1) is 14.0. The molecule has 1 aliphatic heterocycles. The van der Waals surface area contributed by atoms with Crippen LogP contribution in [0.4, 0.5) is 11.4 Å². The molecule has 0 spiro atoms. The van der Waals surface area contributed by atoms with E-state index in [9.17, 15) is 9.59 Å². The third-order valence-corrected chi connectivity index (χ3v) is 5.77. The largest absolute Gasteiger partial charge is 0.495 e. The highest BCUT2D eigenvalue weighted by Crippen LogP contribution is 2.39. The molecule has 29 heavy (non-hydrogen) atoms. The number of amides is 2. The Morgan fingerprint density at radius 2 is 1.83 bits per heavy atom. The van der Waals surface area contributed by atoms with E-state index < -0.39 is 11.8 Å². The van der Waals surface area contributed by atoms with Gasteiger partial charge in [0.25, 0.3) is 11.8 Å². The Bertz CT molecular complexity index is 1140. The number of para-hydroxylation sites is 1. The van der Waals surface area contributed by atoms with E-state index in [0.29, 0.717) is 32.6 Å². The van der Waals surface area contributed by atoms with Crippen LogP contribution in [0.1, 0.15) is 10.4 Å². The lowest BCUT2D eigenvalue weighted by Crippen LogP contribution is -2.32. The number of carbonyl (C=O) groups excluding carboxylic acids is 2. The van der Waals surface area contributed by atoms with Gasteiger partial charge in [0.1, 0.15) is 11.4 Å². The summed E-state index contributed by atoms with van der Waals surface area (Å²) in [5.74, 6) is -0.306. The Morgan fingerprint density at radius 3 is 2.52 bits per heavy atom. The summed E-state index contributed by atoms with van der Waals surface area (Å²) in [6, 6.07) is 16.0. The summed E-state index contributed by atoms with van der Waals surface area (Å²) >= 11 is 7.67. The Hall–Kier alpha value is -3.09. The van der Waals surface area contributed by atoms with Gasteiger partial charge < -0.3 is 10.1 Å². The molecule has 5 nitrogen and oxygen atoms in total. The summed E-state index contributed by atoms with van der Waals surface area (Å²) in [6.07, 6.45) is 0. The van der Waals surface area contributed by atoms with E-state index in [0.717, 1.165) is 10.5 Å². The summed E-state index contributed by atoms with van der Waals surface area (Å²) in [7, 11) is 1.56. The van der Waals surface area contributed by atoms with Crippen LogP contribution in [0.15, 0.2) is 65.7 Å². The number of halogens is 1. The molecule has 2 aromatic carbocycles. The molecule has 0 fully saturated rings. The lowest BCUT2D eigenvalue weighted by atomic mass is 10.1. The van der Waals surface area contributed by atoms with Crippen molar-refractivity contribution in [2.45, 2.75) is 6.92 Å². The van der Waals surface area contributed by atoms with E-state index >= 15 is 0 Å². The molecule has 0 saturated heterocycles. The minimum Gasteiger partial charge on any atom is -0.495 e. The number of carbonyl (C=O) groups is 2. The Kier molecular flexibility index (Phi) is 5.13. The predicted molar refractivity (Wildman–Crippen MR) is 117 cm³/mol. The van der Waals surface area contributed by atoms with Gasteiger partial charge in [-0.1, -0.05) is 35.9 Å². The van der Waals surface area contributed by atoms with Crippen molar-refractivity contribution in [1.82, 2.24) is 0 Å². The molecule has 0 saturated carbocycles. The topological polar surface area (TPSA) is 58.6 Å². The number of ether oxygens (including phenoxy) is 1. The lowest BCUT2D eigenvalue weighted by molar-refractivity contribution is -0.120. The number of rotatable bonds is 5. The van der Waals surface area contributed by atoms with Crippen LogP contribution in [-0.4, -0.2) is 18.9 Å². The SMILES string of the molecule is COc1ccc(C)cc1NC1=C(c2cccs2)C(=O)N(c2ccccc2Cl)C1=O. The first-order valence-corrected chi connectivity index (χ1v) is 10.1. The van der Waals surface area contributed by atoms with Crippen molar-refractivity contribution < 1.29 is 14.3 Å². The Labute approximate surface area is 177 Å². The van der Waals surface area contributed by atoms with E-state index in [4.69, 9.17) is 16.3 Å². The van der Waals surface area contributed by atoms with E-state index in [1.54, 1.807) is 31.4 Å². The zero-order valence-corrected chi connectivity index (χ0v) is 17.3.